The summed E-state index contributed by atoms with van der Waals surface area (Å²) in [6.45, 7) is 1.77. The predicted octanol–water partition coefficient (Wildman–Crippen LogP) is 2.62. The van der Waals surface area contributed by atoms with E-state index in [-0.39, 0.29) is 5.97 Å². The third kappa shape index (κ3) is 2.57. The first kappa shape index (κ1) is 13.5. The second-order valence-corrected chi connectivity index (χ2v) is 5.22. The summed E-state index contributed by atoms with van der Waals surface area (Å²) in [6.07, 6.45) is 1.03. The molecule has 0 saturated carbocycles. The highest BCUT2D eigenvalue weighted by atomic mass is 16.5. The molecule has 0 bridgehead atoms. The normalized spacial score (nSPS) is 13.1. The fourth-order valence-electron chi connectivity index (χ4n) is 2.81. The molecule has 1 aliphatic heterocycles. The Morgan fingerprint density at radius 3 is 2.71 bits per heavy atom. The number of ether oxygens (including phenoxy) is 1. The molecule has 0 aliphatic carbocycles. The van der Waals surface area contributed by atoms with Gasteiger partial charge >= 0.3 is 5.97 Å². The number of hydrogen-bond donors (Lipinski definition) is 1. The van der Waals surface area contributed by atoms with Crippen molar-refractivity contribution in [2.45, 2.75) is 13.0 Å². The molecule has 0 fully saturated rings. The van der Waals surface area contributed by atoms with Crippen molar-refractivity contribution in [2.24, 2.45) is 0 Å². The van der Waals surface area contributed by atoms with E-state index < -0.39 is 0 Å². The molecule has 1 heterocycles. The van der Waals surface area contributed by atoms with Gasteiger partial charge in [-0.2, -0.15) is 0 Å². The SMILES string of the molecule is COC(=O)c1ccc(CN2CCc3cccc(N)c32)cc1. The number of rotatable bonds is 3. The van der Waals surface area contributed by atoms with Crippen LogP contribution in [0.1, 0.15) is 21.5 Å². The molecule has 2 aromatic rings. The first-order valence-electron chi connectivity index (χ1n) is 6.98. The summed E-state index contributed by atoms with van der Waals surface area (Å²) in [5.74, 6) is -0.308. The van der Waals surface area contributed by atoms with E-state index in [0.717, 1.165) is 36.4 Å². The van der Waals surface area contributed by atoms with Gasteiger partial charge in [0.1, 0.15) is 0 Å². The quantitative estimate of drug-likeness (QED) is 0.694. The third-order valence-corrected chi connectivity index (χ3v) is 3.87. The van der Waals surface area contributed by atoms with Gasteiger partial charge in [0.15, 0.2) is 0 Å². The molecule has 2 N–H and O–H groups in total. The van der Waals surface area contributed by atoms with Gasteiger partial charge in [0.25, 0.3) is 0 Å². The van der Waals surface area contributed by atoms with E-state index in [2.05, 4.69) is 11.0 Å². The molecule has 2 aromatic carbocycles. The van der Waals surface area contributed by atoms with Crippen molar-refractivity contribution >= 4 is 17.3 Å². The lowest BCUT2D eigenvalue weighted by Crippen LogP contribution is -2.20. The smallest absolute Gasteiger partial charge is 0.337 e. The van der Waals surface area contributed by atoms with Crippen LogP contribution in [0.3, 0.4) is 0 Å². The number of hydrogen-bond acceptors (Lipinski definition) is 4. The summed E-state index contributed by atoms with van der Waals surface area (Å²) in [7, 11) is 1.39. The minimum atomic E-state index is -0.308. The average Bonchev–Trinajstić information content (AvgIpc) is 2.92. The van der Waals surface area contributed by atoms with Crippen LogP contribution in [0.4, 0.5) is 11.4 Å². The van der Waals surface area contributed by atoms with Gasteiger partial charge in [-0.15, -0.1) is 0 Å². The Morgan fingerprint density at radius 1 is 1.24 bits per heavy atom. The molecule has 0 spiro atoms. The average molecular weight is 282 g/mol. The number of fused-ring (bicyclic) bond motifs is 1. The van der Waals surface area contributed by atoms with Gasteiger partial charge in [-0.1, -0.05) is 24.3 Å². The highest BCUT2D eigenvalue weighted by Gasteiger charge is 2.21. The van der Waals surface area contributed by atoms with Crippen LogP contribution in [-0.2, 0) is 17.7 Å². The summed E-state index contributed by atoms with van der Waals surface area (Å²) in [5.41, 5.74) is 11.1. The van der Waals surface area contributed by atoms with E-state index in [9.17, 15) is 4.79 Å². The Hall–Kier alpha value is -2.49. The Kier molecular flexibility index (Phi) is 3.52. The van der Waals surface area contributed by atoms with Gasteiger partial charge in [-0.25, -0.2) is 4.79 Å². The maximum absolute atomic E-state index is 11.4. The van der Waals surface area contributed by atoms with Crippen molar-refractivity contribution < 1.29 is 9.53 Å². The predicted molar refractivity (Wildman–Crippen MR) is 83.4 cm³/mol. The summed E-state index contributed by atoms with van der Waals surface area (Å²) in [6, 6.07) is 13.6. The summed E-state index contributed by atoms with van der Waals surface area (Å²) in [4.78, 5) is 13.7. The molecular weight excluding hydrogens is 264 g/mol. The third-order valence-electron chi connectivity index (χ3n) is 3.87. The van der Waals surface area contributed by atoms with E-state index in [1.165, 1.54) is 12.7 Å². The van der Waals surface area contributed by atoms with Gasteiger partial charge in [0, 0.05) is 13.1 Å². The number of nitrogen functional groups attached to an aromatic ring is 1. The molecule has 4 heteroatoms. The van der Waals surface area contributed by atoms with E-state index in [0.29, 0.717) is 5.56 Å². The monoisotopic (exact) mass is 282 g/mol. The number of carbonyl (C=O) groups is 1. The van der Waals surface area contributed by atoms with Crippen LogP contribution in [0, 0.1) is 0 Å². The van der Waals surface area contributed by atoms with Crippen LogP contribution in [0.25, 0.3) is 0 Å². The summed E-state index contributed by atoms with van der Waals surface area (Å²) in [5, 5.41) is 0. The standard InChI is InChI=1S/C17H18N2O2/c1-21-17(20)14-7-5-12(6-8-14)11-19-10-9-13-3-2-4-15(18)16(13)19/h2-8H,9-11,18H2,1H3. The molecule has 0 atom stereocenters. The van der Waals surface area contributed by atoms with Crippen molar-refractivity contribution in [3.63, 3.8) is 0 Å². The molecule has 0 amide bonds. The van der Waals surface area contributed by atoms with Gasteiger partial charge in [-0.3, -0.25) is 0 Å². The first-order valence-corrected chi connectivity index (χ1v) is 6.98. The van der Waals surface area contributed by atoms with Crippen molar-refractivity contribution in [3.8, 4) is 0 Å². The zero-order valence-electron chi connectivity index (χ0n) is 12.0. The molecule has 21 heavy (non-hydrogen) atoms. The molecule has 1 aliphatic rings. The topological polar surface area (TPSA) is 55.6 Å². The van der Waals surface area contributed by atoms with Crippen molar-refractivity contribution in [3.05, 3.63) is 59.2 Å². The number of esters is 1. The van der Waals surface area contributed by atoms with Gasteiger partial charge in [0.2, 0.25) is 0 Å². The Labute approximate surface area is 124 Å². The number of carbonyl (C=O) groups excluding carboxylic acids is 1. The lowest BCUT2D eigenvalue weighted by molar-refractivity contribution is 0.0600. The van der Waals surface area contributed by atoms with Crippen LogP contribution in [0.5, 0.6) is 0 Å². The molecule has 0 aromatic heterocycles. The minimum absolute atomic E-state index is 0.308. The van der Waals surface area contributed by atoms with E-state index in [1.807, 2.05) is 24.3 Å². The fraction of sp³-hybridized carbons (Fsp3) is 0.235. The molecule has 3 rings (SSSR count). The summed E-state index contributed by atoms with van der Waals surface area (Å²) >= 11 is 0. The number of nitrogens with zero attached hydrogens (tertiary/aromatic N) is 1. The van der Waals surface area contributed by atoms with E-state index >= 15 is 0 Å². The molecule has 0 unspecified atom stereocenters. The largest absolute Gasteiger partial charge is 0.465 e. The van der Waals surface area contributed by atoms with Crippen LogP contribution in [0.15, 0.2) is 42.5 Å². The van der Waals surface area contributed by atoms with Crippen LogP contribution in [0.2, 0.25) is 0 Å². The van der Waals surface area contributed by atoms with Crippen molar-refractivity contribution in [1.82, 2.24) is 0 Å². The zero-order chi connectivity index (χ0) is 14.8. The fourth-order valence-corrected chi connectivity index (χ4v) is 2.81. The maximum atomic E-state index is 11.4. The lowest BCUT2D eigenvalue weighted by Gasteiger charge is -2.21. The highest BCUT2D eigenvalue weighted by molar-refractivity contribution is 5.89. The summed E-state index contributed by atoms with van der Waals surface area (Å²) < 4.78 is 4.71. The Morgan fingerprint density at radius 2 is 2.00 bits per heavy atom. The van der Waals surface area contributed by atoms with E-state index in [1.54, 1.807) is 12.1 Å². The first-order chi connectivity index (χ1) is 10.2. The number of benzene rings is 2. The maximum Gasteiger partial charge on any atom is 0.337 e. The van der Waals surface area contributed by atoms with Crippen LogP contribution >= 0.6 is 0 Å². The van der Waals surface area contributed by atoms with Gasteiger partial charge < -0.3 is 15.4 Å². The number of para-hydroxylation sites is 1. The highest BCUT2D eigenvalue weighted by Crippen LogP contribution is 2.34. The number of anilines is 2. The Bertz CT molecular complexity index is 665. The number of methoxy groups -OCH3 is 1. The zero-order valence-corrected chi connectivity index (χ0v) is 12.0. The molecule has 4 nitrogen and oxygen atoms in total. The van der Waals surface area contributed by atoms with Crippen molar-refractivity contribution in [2.75, 3.05) is 24.3 Å². The lowest BCUT2D eigenvalue weighted by atomic mass is 10.1. The molecular formula is C17H18N2O2. The minimum Gasteiger partial charge on any atom is -0.465 e. The van der Waals surface area contributed by atoms with Crippen LogP contribution in [-0.4, -0.2) is 19.6 Å². The Balaban J connectivity index is 1.79. The van der Waals surface area contributed by atoms with Crippen molar-refractivity contribution in [1.29, 1.82) is 0 Å². The molecule has 108 valence electrons. The second-order valence-electron chi connectivity index (χ2n) is 5.22. The molecule has 0 saturated heterocycles. The van der Waals surface area contributed by atoms with Crippen LogP contribution < -0.4 is 10.6 Å². The number of nitrogens with two attached hydrogens (primary N) is 1. The van der Waals surface area contributed by atoms with Gasteiger partial charge in [0.05, 0.1) is 24.0 Å². The van der Waals surface area contributed by atoms with E-state index in [4.69, 9.17) is 10.5 Å². The van der Waals surface area contributed by atoms with Gasteiger partial charge in [-0.05, 0) is 35.7 Å². The second kappa shape index (κ2) is 5.48. The molecule has 0 radical (unpaired) electrons.